The van der Waals surface area contributed by atoms with Gasteiger partial charge in [0.15, 0.2) is 0 Å². The van der Waals surface area contributed by atoms with E-state index in [1.165, 1.54) is 12.1 Å². The number of rotatable bonds is 4. The highest BCUT2D eigenvalue weighted by molar-refractivity contribution is 5.16. The molecular formula is C12H14FN3. The summed E-state index contributed by atoms with van der Waals surface area (Å²) in [5.74, 6) is 0.708. The number of H-pyrrole nitrogens is 1. The molecule has 1 heterocycles. The largest absolute Gasteiger partial charge is 0.345 e. The molecule has 0 fully saturated rings. The van der Waals surface area contributed by atoms with Gasteiger partial charge in [0, 0.05) is 25.0 Å². The highest BCUT2D eigenvalue weighted by atomic mass is 19.1. The summed E-state index contributed by atoms with van der Waals surface area (Å²) in [5.41, 5.74) is 1.98. The van der Waals surface area contributed by atoms with Gasteiger partial charge in [-0.25, -0.2) is 9.37 Å². The van der Waals surface area contributed by atoms with Crippen molar-refractivity contribution in [2.45, 2.75) is 20.0 Å². The van der Waals surface area contributed by atoms with Crippen LogP contribution in [0.4, 0.5) is 4.39 Å². The first-order valence-electron chi connectivity index (χ1n) is 5.20. The van der Waals surface area contributed by atoms with E-state index in [4.69, 9.17) is 0 Å². The van der Waals surface area contributed by atoms with Crippen LogP contribution in [0.1, 0.15) is 17.1 Å². The average molecular weight is 219 g/mol. The Morgan fingerprint density at radius 1 is 1.38 bits per heavy atom. The number of imidazole rings is 1. The Labute approximate surface area is 93.7 Å². The molecule has 0 radical (unpaired) electrons. The minimum Gasteiger partial charge on any atom is -0.345 e. The van der Waals surface area contributed by atoms with E-state index >= 15 is 0 Å². The van der Waals surface area contributed by atoms with E-state index in [-0.39, 0.29) is 5.82 Å². The molecule has 4 heteroatoms. The molecule has 0 aliphatic carbocycles. The van der Waals surface area contributed by atoms with Crippen molar-refractivity contribution in [1.29, 1.82) is 0 Å². The van der Waals surface area contributed by atoms with Gasteiger partial charge in [0.05, 0.1) is 0 Å². The fourth-order valence-corrected chi connectivity index (χ4v) is 1.55. The molecular weight excluding hydrogens is 205 g/mol. The van der Waals surface area contributed by atoms with Crippen LogP contribution in [0.5, 0.6) is 0 Å². The third-order valence-electron chi connectivity index (χ3n) is 2.29. The molecule has 1 aromatic carbocycles. The zero-order chi connectivity index (χ0) is 11.4. The lowest BCUT2D eigenvalue weighted by Gasteiger charge is -2.03. The van der Waals surface area contributed by atoms with Gasteiger partial charge in [0.25, 0.3) is 0 Å². The maximum Gasteiger partial charge on any atom is 0.123 e. The summed E-state index contributed by atoms with van der Waals surface area (Å²) < 4.78 is 12.9. The molecule has 0 saturated carbocycles. The Bertz CT molecular complexity index is 465. The van der Waals surface area contributed by atoms with Gasteiger partial charge in [-0.15, -0.1) is 0 Å². The number of hydrogen-bond acceptors (Lipinski definition) is 2. The van der Waals surface area contributed by atoms with Gasteiger partial charge in [-0.05, 0) is 24.6 Å². The molecule has 2 rings (SSSR count). The summed E-state index contributed by atoms with van der Waals surface area (Å²) in [5, 5.41) is 3.22. The predicted molar refractivity (Wildman–Crippen MR) is 60.3 cm³/mol. The molecule has 0 bridgehead atoms. The van der Waals surface area contributed by atoms with Gasteiger partial charge in [-0.1, -0.05) is 12.1 Å². The van der Waals surface area contributed by atoms with Crippen LogP contribution in [-0.4, -0.2) is 9.97 Å². The number of aromatic amines is 1. The van der Waals surface area contributed by atoms with Crippen molar-refractivity contribution >= 4 is 0 Å². The number of aromatic nitrogens is 2. The molecule has 16 heavy (non-hydrogen) atoms. The lowest BCUT2D eigenvalue weighted by Crippen LogP contribution is -2.12. The van der Waals surface area contributed by atoms with Gasteiger partial charge >= 0.3 is 0 Å². The van der Waals surface area contributed by atoms with Crippen LogP contribution in [0.2, 0.25) is 0 Å². The maximum absolute atomic E-state index is 12.9. The van der Waals surface area contributed by atoms with E-state index in [2.05, 4.69) is 15.3 Å². The standard InChI is InChI=1S/C12H14FN3/c1-9-15-8-12(16-9)7-14-6-10-3-2-4-11(13)5-10/h2-5,8,14H,6-7H2,1H3,(H,15,16). The normalized spacial score (nSPS) is 10.6. The van der Waals surface area contributed by atoms with Crippen molar-refractivity contribution in [3.05, 3.63) is 53.4 Å². The molecule has 0 aliphatic rings. The number of nitrogens with zero attached hydrogens (tertiary/aromatic N) is 1. The van der Waals surface area contributed by atoms with E-state index in [0.717, 1.165) is 17.1 Å². The van der Waals surface area contributed by atoms with Crippen molar-refractivity contribution in [3.63, 3.8) is 0 Å². The summed E-state index contributed by atoms with van der Waals surface area (Å²) in [6.07, 6.45) is 1.80. The summed E-state index contributed by atoms with van der Waals surface area (Å²) in [4.78, 5) is 7.23. The van der Waals surface area contributed by atoms with Crippen LogP contribution in [0.3, 0.4) is 0 Å². The van der Waals surface area contributed by atoms with Crippen molar-refractivity contribution in [2.75, 3.05) is 0 Å². The van der Waals surface area contributed by atoms with Crippen molar-refractivity contribution < 1.29 is 4.39 Å². The van der Waals surface area contributed by atoms with Gasteiger partial charge < -0.3 is 10.3 Å². The SMILES string of the molecule is Cc1ncc(CNCc2cccc(F)c2)[nH]1. The fraction of sp³-hybridized carbons (Fsp3) is 0.250. The van der Waals surface area contributed by atoms with E-state index in [9.17, 15) is 4.39 Å². The highest BCUT2D eigenvalue weighted by Gasteiger charge is 1.97. The molecule has 0 amide bonds. The Balaban J connectivity index is 1.84. The minimum atomic E-state index is -0.198. The Hall–Kier alpha value is -1.68. The zero-order valence-corrected chi connectivity index (χ0v) is 9.13. The first kappa shape index (κ1) is 10.8. The monoisotopic (exact) mass is 219 g/mol. The Kier molecular flexibility index (Phi) is 3.31. The van der Waals surface area contributed by atoms with Crippen LogP contribution >= 0.6 is 0 Å². The number of hydrogen-bond donors (Lipinski definition) is 2. The van der Waals surface area contributed by atoms with E-state index in [1.54, 1.807) is 12.3 Å². The number of aryl methyl sites for hydroxylation is 1. The lowest BCUT2D eigenvalue weighted by molar-refractivity contribution is 0.619. The molecule has 0 aliphatic heterocycles. The molecule has 1 aromatic heterocycles. The zero-order valence-electron chi connectivity index (χ0n) is 9.13. The predicted octanol–water partition coefficient (Wildman–Crippen LogP) is 2.15. The second-order valence-electron chi connectivity index (χ2n) is 3.73. The number of halogens is 1. The smallest absolute Gasteiger partial charge is 0.123 e. The first-order valence-corrected chi connectivity index (χ1v) is 5.20. The molecule has 0 unspecified atom stereocenters. The van der Waals surface area contributed by atoms with Crippen molar-refractivity contribution in [3.8, 4) is 0 Å². The number of benzene rings is 1. The van der Waals surface area contributed by atoms with Crippen molar-refractivity contribution in [2.24, 2.45) is 0 Å². The summed E-state index contributed by atoms with van der Waals surface area (Å²) >= 11 is 0. The second kappa shape index (κ2) is 4.90. The van der Waals surface area contributed by atoms with Crippen molar-refractivity contribution in [1.82, 2.24) is 15.3 Å². The summed E-state index contributed by atoms with van der Waals surface area (Å²) in [6, 6.07) is 6.59. The molecule has 3 nitrogen and oxygen atoms in total. The van der Waals surface area contributed by atoms with Gasteiger partial charge in [-0.2, -0.15) is 0 Å². The fourth-order valence-electron chi connectivity index (χ4n) is 1.55. The van der Waals surface area contributed by atoms with E-state index < -0.39 is 0 Å². The second-order valence-corrected chi connectivity index (χ2v) is 3.73. The highest BCUT2D eigenvalue weighted by Crippen LogP contribution is 2.03. The lowest BCUT2D eigenvalue weighted by atomic mass is 10.2. The van der Waals surface area contributed by atoms with Gasteiger partial charge in [0.2, 0.25) is 0 Å². The summed E-state index contributed by atoms with van der Waals surface area (Å²) in [7, 11) is 0. The van der Waals surface area contributed by atoms with Crippen LogP contribution in [0, 0.1) is 12.7 Å². The molecule has 0 atom stereocenters. The minimum absolute atomic E-state index is 0.198. The third kappa shape index (κ3) is 2.90. The average Bonchev–Trinajstić information content (AvgIpc) is 2.64. The van der Waals surface area contributed by atoms with Crippen LogP contribution in [-0.2, 0) is 13.1 Å². The van der Waals surface area contributed by atoms with E-state index in [1.807, 2.05) is 13.0 Å². The van der Waals surface area contributed by atoms with Gasteiger partial charge in [-0.3, -0.25) is 0 Å². The van der Waals surface area contributed by atoms with Crippen LogP contribution in [0.15, 0.2) is 30.5 Å². The van der Waals surface area contributed by atoms with Crippen LogP contribution < -0.4 is 5.32 Å². The topological polar surface area (TPSA) is 40.7 Å². The van der Waals surface area contributed by atoms with Gasteiger partial charge in [0.1, 0.15) is 11.6 Å². The molecule has 0 saturated heterocycles. The number of nitrogens with one attached hydrogen (secondary N) is 2. The quantitative estimate of drug-likeness (QED) is 0.827. The third-order valence-corrected chi connectivity index (χ3v) is 2.29. The molecule has 84 valence electrons. The Morgan fingerprint density at radius 3 is 2.94 bits per heavy atom. The molecule has 0 spiro atoms. The van der Waals surface area contributed by atoms with E-state index in [0.29, 0.717) is 13.1 Å². The van der Waals surface area contributed by atoms with Crippen LogP contribution in [0.25, 0.3) is 0 Å². The molecule has 2 aromatic rings. The maximum atomic E-state index is 12.9. The first-order chi connectivity index (χ1) is 7.74. The summed E-state index contributed by atoms with van der Waals surface area (Å²) in [6.45, 7) is 3.27. The molecule has 2 N–H and O–H groups in total. The Morgan fingerprint density at radius 2 is 2.25 bits per heavy atom.